The Morgan fingerprint density at radius 1 is 0.895 bits per heavy atom. The van der Waals surface area contributed by atoms with E-state index in [1.807, 2.05) is 0 Å². The SMILES string of the molecule is O=C(NCCOc1ccc(S(=O)(=O)N2CCCCC2)cc1)[C@H]1CCCN(S(=O)(=O)Cc2ccc(Cl)cc2)C1. The molecule has 38 heavy (non-hydrogen) atoms. The molecule has 0 aliphatic carbocycles. The highest BCUT2D eigenvalue weighted by Crippen LogP contribution is 2.24. The second-order valence-corrected chi connectivity index (χ2v) is 14.0. The van der Waals surface area contributed by atoms with Crippen LogP contribution in [0.4, 0.5) is 0 Å². The molecule has 2 aromatic carbocycles. The van der Waals surface area contributed by atoms with Gasteiger partial charge in [-0.15, -0.1) is 0 Å². The average Bonchev–Trinajstić information content (AvgIpc) is 2.93. The monoisotopic (exact) mass is 583 g/mol. The summed E-state index contributed by atoms with van der Waals surface area (Å²) in [7, 11) is -7.05. The number of rotatable bonds is 10. The molecular weight excluding hydrogens is 550 g/mol. The van der Waals surface area contributed by atoms with Crippen LogP contribution in [0.5, 0.6) is 5.75 Å². The van der Waals surface area contributed by atoms with Crippen LogP contribution in [0.25, 0.3) is 0 Å². The van der Waals surface area contributed by atoms with Crippen molar-refractivity contribution in [3.63, 3.8) is 0 Å². The molecule has 12 heteroatoms. The molecule has 2 fully saturated rings. The Balaban J connectivity index is 1.22. The summed E-state index contributed by atoms with van der Waals surface area (Å²) in [4.78, 5) is 13.0. The van der Waals surface area contributed by atoms with E-state index in [1.54, 1.807) is 48.5 Å². The summed E-state index contributed by atoms with van der Waals surface area (Å²) in [6.07, 6.45) is 4.04. The Labute approximate surface area is 230 Å². The third-order valence-electron chi connectivity index (χ3n) is 6.86. The summed E-state index contributed by atoms with van der Waals surface area (Å²) in [5.41, 5.74) is 0.648. The minimum Gasteiger partial charge on any atom is -0.492 e. The largest absolute Gasteiger partial charge is 0.492 e. The van der Waals surface area contributed by atoms with E-state index in [4.69, 9.17) is 16.3 Å². The van der Waals surface area contributed by atoms with Gasteiger partial charge < -0.3 is 10.1 Å². The zero-order valence-electron chi connectivity index (χ0n) is 21.2. The summed E-state index contributed by atoms with van der Waals surface area (Å²) in [6.45, 7) is 2.10. The van der Waals surface area contributed by atoms with E-state index in [9.17, 15) is 21.6 Å². The van der Waals surface area contributed by atoms with E-state index in [-0.39, 0.29) is 36.3 Å². The molecular formula is C26H34ClN3O6S2. The number of sulfonamides is 2. The molecule has 0 aromatic heterocycles. The highest BCUT2D eigenvalue weighted by Gasteiger charge is 2.32. The average molecular weight is 584 g/mol. The number of amides is 1. The topological polar surface area (TPSA) is 113 Å². The van der Waals surface area contributed by atoms with Crippen molar-refractivity contribution in [2.45, 2.75) is 42.8 Å². The van der Waals surface area contributed by atoms with Crippen LogP contribution >= 0.6 is 11.6 Å². The van der Waals surface area contributed by atoms with Crippen molar-refractivity contribution < 1.29 is 26.4 Å². The van der Waals surface area contributed by atoms with Crippen molar-refractivity contribution >= 4 is 37.6 Å². The van der Waals surface area contributed by atoms with Crippen LogP contribution in [0, 0.1) is 5.92 Å². The molecule has 2 saturated heterocycles. The van der Waals surface area contributed by atoms with Gasteiger partial charge in [0, 0.05) is 31.2 Å². The van der Waals surface area contributed by atoms with E-state index < -0.39 is 26.0 Å². The number of hydrogen-bond donors (Lipinski definition) is 1. The molecule has 1 amide bonds. The molecule has 2 aliphatic heterocycles. The molecule has 0 saturated carbocycles. The molecule has 208 valence electrons. The van der Waals surface area contributed by atoms with Gasteiger partial charge in [-0.3, -0.25) is 4.79 Å². The van der Waals surface area contributed by atoms with E-state index in [0.717, 1.165) is 19.3 Å². The second kappa shape index (κ2) is 12.8. The molecule has 9 nitrogen and oxygen atoms in total. The lowest BCUT2D eigenvalue weighted by atomic mass is 9.99. The molecule has 0 bridgehead atoms. The van der Waals surface area contributed by atoms with Gasteiger partial charge in [-0.2, -0.15) is 4.31 Å². The number of halogens is 1. The van der Waals surface area contributed by atoms with Crippen LogP contribution in [0.15, 0.2) is 53.4 Å². The summed E-state index contributed by atoms with van der Waals surface area (Å²) < 4.78 is 59.9. The first kappa shape index (κ1) is 28.8. The van der Waals surface area contributed by atoms with Crippen LogP contribution in [-0.2, 0) is 30.6 Å². The summed E-state index contributed by atoms with van der Waals surface area (Å²) in [5.74, 6) is -0.259. The van der Waals surface area contributed by atoms with Crippen molar-refractivity contribution in [2.24, 2.45) is 5.92 Å². The van der Waals surface area contributed by atoms with Crippen LogP contribution < -0.4 is 10.1 Å². The second-order valence-electron chi connectivity index (χ2n) is 9.66. The normalized spacial score (nSPS) is 19.7. The number of nitrogens with one attached hydrogen (secondary N) is 1. The number of carbonyl (C=O) groups is 1. The van der Waals surface area contributed by atoms with Crippen molar-refractivity contribution in [3.05, 3.63) is 59.1 Å². The van der Waals surface area contributed by atoms with Crippen molar-refractivity contribution in [3.8, 4) is 5.75 Å². The summed E-state index contributed by atoms with van der Waals surface area (Å²) >= 11 is 5.89. The molecule has 0 radical (unpaired) electrons. The maximum atomic E-state index is 12.9. The predicted molar refractivity (Wildman–Crippen MR) is 146 cm³/mol. The van der Waals surface area contributed by atoms with Crippen LogP contribution in [0.3, 0.4) is 0 Å². The van der Waals surface area contributed by atoms with E-state index in [1.165, 1.54) is 8.61 Å². The summed E-state index contributed by atoms with van der Waals surface area (Å²) in [5, 5.41) is 3.37. The first-order valence-electron chi connectivity index (χ1n) is 12.9. The third kappa shape index (κ3) is 7.47. The molecule has 1 atom stereocenters. The lowest BCUT2D eigenvalue weighted by Crippen LogP contribution is -2.46. The van der Waals surface area contributed by atoms with Crippen LogP contribution in [0.1, 0.15) is 37.7 Å². The fraction of sp³-hybridized carbons (Fsp3) is 0.500. The van der Waals surface area contributed by atoms with Gasteiger partial charge in [-0.25, -0.2) is 21.1 Å². The number of nitrogens with zero attached hydrogens (tertiary/aromatic N) is 2. The van der Waals surface area contributed by atoms with Crippen molar-refractivity contribution in [1.29, 1.82) is 0 Å². The smallest absolute Gasteiger partial charge is 0.243 e. The lowest BCUT2D eigenvalue weighted by molar-refractivity contribution is -0.126. The number of carbonyl (C=O) groups excluding carboxylic acids is 1. The van der Waals surface area contributed by atoms with Gasteiger partial charge in [-0.05, 0) is 67.6 Å². The van der Waals surface area contributed by atoms with Gasteiger partial charge in [0.25, 0.3) is 0 Å². The summed E-state index contributed by atoms with van der Waals surface area (Å²) in [6, 6.07) is 13.0. The first-order chi connectivity index (χ1) is 18.1. The molecule has 0 unspecified atom stereocenters. The minimum absolute atomic E-state index is 0.134. The maximum Gasteiger partial charge on any atom is 0.243 e. The number of ether oxygens (including phenoxy) is 1. The molecule has 4 rings (SSSR count). The Hall–Kier alpha value is -2.18. The quantitative estimate of drug-likeness (QED) is 0.430. The molecule has 2 aliphatic rings. The van der Waals surface area contributed by atoms with E-state index in [2.05, 4.69) is 5.32 Å². The van der Waals surface area contributed by atoms with Gasteiger partial charge in [0.05, 0.1) is 23.1 Å². The predicted octanol–water partition coefficient (Wildman–Crippen LogP) is 3.25. The zero-order valence-corrected chi connectivity index (χ0v) is 23.6. The Morgan fingerprint density at radius 2 is 1.55 bits per heavy atom. The first-order valence-corrected chi connectivity index (χ1v) is 16.3. The van der Waals surface area contributed by atoms with Gasteiger partial charge in [0.2, 0.25) is 26.0 Å². The van der Waals surface area contributed by atoms with Gasteiger partial charge in [-0.1, -0.05) is 30.2 Å². The lowest BCUT2D eigenvalue weighted by Gasteiger charge is -2.31. The molecule has 2 heterocycles. The number of hydrogen-bond acceptors (Lipinski definition) is 6. The third-order valence-corrected chi connectivity index (χ3v) is 10.8. The fourth-order valence-electron chi connectivity index (χ4n) is 4.74. The Morgan fingerprint density at radius 3 is 2.24 bits per heavy atom. The van der Waals surface area contributed by atoms with E-state index in [0.29, 0.717) is 48.8 Å². The van der Waals surface area contributed by atoms with Gasteiger partial charge in [0.15, 0.2) is 0 Å². The maximum absolute atomic E-state index is 12.9. The van der Waals surface area contributed by atoms with Crippen LogP contribution in [0.2, 0.25) is 5.02 Å². The van der Waals surface area contributed by atoms with Crippen molar-refractivity contribution in [1.82, 2.24) is 13.9 Å². The molecule has 1 N–H and O–H groups in total. The highest BCUT2D eigenvalue weighted by molar-refractivity contribution is 7.89. The fourth-order valence-corrected chi connectivity index (χ4v) is 7.99. The minimum atomic E-state index is -3.56. The Bertz CT molecular complexity index is 1300. The highest BCUT2D eigenvalue weighted by atomic mass is 35.5. The molecule has 0 spiro atoms. The number of piperidine rings is 2. The molecule has 2 aromatic rings. The van der Waals surface area contributed by atoms with Crippen molar-refractivity contribution in [2.75, 3.05) is 39.3 Å². The van der Waals surface area contributed by atoms with Crippen LogP contribution in [-0.4, -0.2) is 70.7 Å². The standard InChI is InChI=1S/C26H34ClN3O6S2/c27-23-8-6-21(7-9-23)20-37(32,33)30-17-4-5-22(19-30)26(31)28-14-18-36-24-10-12-25(13-11-24)38(34,35)29-15-2-1-3-16-29/h6-13,22H,1-5,14-20H2,(H,28,31)/t22-/m0/s1. The van der Waals surface area contributed by atoms with Gasteiger partial charge in [0.1, 0.15) is 12.4 Å². The zero-order chi connectivity index (χ0) is 27.2. The Kier molecular flexibility index (Phi) is 9.69. The van der Waals surface area contributed by atoms with Gasteiger partial charge >= 0.3 is 0 Å². The van der Waals surface area contributed by atoms with E-state index >= 15 is 0 Å². The number of benzene rings is 2.